The molecule has 4 rings (SSSR count). The third-order valence-corrected chi connectivity index (χ3v) is 5.43. The lowest BCUT2D eigenvalue weighted by Gasteiger charge is -2.14. The Kier molecular flexibility index (Phi) is 6.09. The van der Waals surface area contributed by atoms with E-state index in [1.54, 1.807) is 24.3 Å². The molecule has 10 heteroatoms. The summed E-state index contributed by atoms with van der Waals surface area (Å²) in [6, 6.07) is 8.63. The second-order valence-electron chi connectivity index (χ2n) is 6.86. The maximum absolute atomic E-state index is 6.38. The third-order valence-electron chi connectivity index (χ3n) is 4.64. The van der Waals surface area contributed by atoms with Crippen LogP contribution in [0.4, 0.5) is 5.69 Å². The van der Waals surface area contributed by atoms with E-state index < -0.39 is 0 Å². The van der Waals surface area contributed by atoms with Gasteiger partial charge in [0, 0.05) is 23.2 Å². The highest BCUT2D eigenvalue weighted by atomic mass is 35.5. The number of aromatic amines is 1. The van der Waals surface area contributed by atoms with Gasteiger partial charge < -0.3 is 19.9 Å². The van der Waals surface area contributed by atoms with Crippen molar-refractivity contribution < 1.29 is 9.15 Å². The molecule has 0 fully saturated rings. The van der Waals surface area contributed by atoms with Crippen LogP contribution in [0.5, 0.6) is 11.5 Å². The number of halogens is 3. The van der Waals surface area contributed by atoms with Crippen LogP contribution in [0.2, 0.25) is 15.2 Å². The molecule has 0 aliphatic carbocycles. The fraction of sp³-hybridized carbons (Fsp3) is 0.190. The van der Waals surface area contributed by atoms with Crippen molar-refractivity contribution in [2.24, 2.45) is 0 Å². The van der Waals surface area contributed by atoms with E-state index in [1.807, 2.05) is 19.9 Å². The lowest BCUT2D eigenvalue weighted by atomic mass is 10.0. The van der Waals surface area contributed by atoms with Gasteiger partial charge in [-0.1, -0.05) is 47.8 Å². The smallest absolute Gasteiger partial charge is 0.269 e. The summed E-state index contributed by atoms with van der Waals surface area (Å²) >= 11 is 18.7. The van der Waals surface area contributed by atoms with Gasteiger partial charge in [0.15, 0.2) is 5.69 Å². The predicted molar refractivity (Wildman–Crippen MR) is 121 cm³/mol. The molecule has 0 unspecified atom stereocenters. The van der Waals surface area contributed by atoms with Gasteiger partial charge in [-0.05, 0) is 36.2 Å². The number of rotatable bonds is 6. The Hall–Kier alpha value is -2.74. The van der Waals surface area contributed by atoms with Gasteiger partial charge in [-0.25, -0.2) is 4.98 Å². The van der Waals surface area contributed by atoms with Crippen molar-refractivity contribution in [3.63, 3.8) is 0 Å². The molecule has 0 spiro atoms. The van der Waals surface area contributed by atoms with Crippen LogP contribution in [-0.2, 0) is 12.8 Å². The summed E-state index contributed by atoms with van der Waals surface area (Å²) in [6.45, 7) is 3.87. The van der Waals surface area contributed by atoms with E-state index >= 15 is 0 Å². The summed E-state index contributed by atoms with van der Waals surface area (Å²) in [5.41, 5.74) is 8.52. The quantitative estimate of drug-likeness (QED) is 0.317. The molecule has 2 heterocycles. The van der Waals surface area contributed by atoms with Crippen molar-refractivity contribution in [2.75, 3.05) is 5.73 Å². The number of nitrogen functional groups attached to an aromatic ring is 1. The molecule has 0 bridgehead atoms. The van der Waals surface area contributed by atoms with Crippen molar-refractivity contribution in [1.29, 1.82) is 0 Å². The molecular weight excluding hydrogens is 461 g/mol. The molecule has 0 radical (unpaired) electrons. The Labute approximate surface area is 193 Å². The van der Waals surface area contributed by atoms with Crippen molar-refractivity contribution in [1.82, 2.24) is 20.2 Å². The molecule has 7 nitrogen and oxygen atoms in total. The van der Waals surface area contributed by atoms with Crippen LogP contribution in [0.15, 0.2) is 34.7 Å². The van der Waals surface area contributed by atoms with Crippen molar-refractivity contribution in [3.8, 4) is 23.1 Å². The number of benzene rings is 2. The van der Waals surface area contributed by atoms with Gasteiger partial charge in [-0.15, -0.1) is 10.2 Å². The van der Waals surface area contributed by atoms with Crippen LogP contribution < -0.4 is 10.5 Å². The Morgan fingerprint density at radius 1 is 1.13 bits per heavy atom. The number of hydrogen-bond acceptors (Lipinski definition) is 6. The standard InChI is InChI=1S/C21H18Cl3N5O2/c1-3-16-26-18(20(24)27-16)21-29-28-17(31-21)6-11-4-5-15(23)19(10(11)2)30-14-8-12(22)7-13(25)9-14/h4-5,7-9H,3,6,25H2,1-2H3,(H,26,27). The van der Waals surface area contributed by atoms with E-state index in [9.17, 15) is 0 Å². The molecule has 4 aromatic rings. The number of aromatic nitrogens is 4. The van der Waals surface area contributed by atoms with Gasteiger partial charge >= 0.3 is 0 Å². The summed E-state index contributed by atoms with van der Waals surface area (Å²) < 4.78 is 11.8. The van der Waals surface area contributed by atoms with Crippen molar-refractivity contribution in [3.05, 3.63) is 68.4 Å². The van der Waals surface area contributed by atoms with Gasteiger partial charge in [-0.3, -0.25) is 0 Å². The average Bonchev–Trinajstić information content (AvgIpc) is 3.32. The zero-order valence-electron chi connectivity index (χ0n) is 16.7. The molecule has 2 aromatic carbocycles. The molecule has 0 saturated carbocycles. The minimum Gasteiger partial charge on any atom is -0.455 e. The summed E-state index contributed by atoms with van der Waals surface area (Å²) in [4.78, 5) is 7.36. The largest absolute Gasteiger partial charge is 0.455 e. The first-order valence-corrected chi connectivity index (χ1v) is 10.6. The minimum atomic E-state index is 0.258. The summed E-state index contributed by atoms with van der Waals surface area (Å²) in [5, 5.41) is 9.51. The van der Waals surface area contributed by atoms with Gasteiger partial charge in [0.2, 0.25) is 5.89 Å². The van der Waals surface area contributed by atoms with Crippen LogP contribution in [0.3, 0.4) is 0 Å². The number of anilines is 1. The van der Waals surface area contributed by atoms with Crippen molar-refractivity contribution >= 4 is 40.5 Å². The number of nitrogens with zero attached hydrogens (tertiary/aromatic N) is 3. The zero-order valence-corrected chi connectivity index (χ0v) is 18.9. The molecule has 31 heavy (non-hydrogen) atoms. The van der Waals surface area contributed by atoms with Gasteiger partial charge in [0.1, 0.15) is 22.5 Å². The fourth-order valence-corrected chi connectivity index (χ4v) is 3.78. The van der Waals surface area contributed by atoms with Crippen LogP contribution in [0.25, 0.3) is 11.6 Å². The van der Waals surface area contributed by atoms with E-state index in [4.69, 9.17) is 49.7 Å². The highest BCUT2D eigenvalue weighted by Crippen LogP contribution is 2.37. The minimum absolute atomic E-state index is 0.258. The highest BCUT2D eigenvalue weighted by Gasteiger charge is 2.19. The molecular formula is C21H18Cl3N5O2. The van der Waals surface area contributed by atoms with Gasteiger partial charge in [0.25, 0.3) is 5.89 Å². The molecule has 0 saturated heterocycles. The molecule has 0 atom stereocenters. The Bertz CT molecular complexity index is 1230. The summed E-state index contributed by atoms with van der Waals surface area (Å²) in [5.74, 6) is 2.41. The Morgan fingerprint density at radius 3 is 2.65 bits per heavy atom. The lowest BCUT2D eigenvalue weighted by molar-refractivity contribution is 0.477. The lowest BCUT2D eigenvalue weighted by Crippen LogP contribution is -1.97. The topological polar surface area (TPSA) is 103 Å². The van der Waals surface area contributed by atoms with Crippen LogP contribution in [0.1, 0.15) is 29.8 Å². The molecule has 2 aromatic heterocycles. The third kappa shape index (κ3) is 4.63. The normalized spacial score (nSPS) is 11.1. The Morgan fingerprint density at radius 2 is 1.94 bits per heavy atom. The summed E-state index contributed by atoms with van der Waals surface area (Å²) in [7, 11) is 0. The van der Waals surface area contributed by atoms with Gasteiger partial charge in [-0.2, -0.15) is 0 Å². The van der Waals surface area contributed by atoms with E-state index in [1.165, 1.54) is 0 Å². The van der Waals surface area contributed by atoms with Crippen LogP contribution in [-0.4, -0.2) is 20.2 Å². The number of nitrogens with two attached hydrogens (primary N) is 1. The Balaban J connectivity index is 1.60. The maximum atomic E-state index is 6.38. The molecule has 160 valence electrons. The maximum Gasteiger partial charge on any atom is 0.269 e. The number of ether oxygens (including phenoxy) is 1. The van der Waals surface area contributed by atoms with E-state index in [0.717, 1.165) is 17.0 Å². The van der Waals surface area contributed by atoms with E-state index in [2.05, 4.69) is 20.2 Å². The predicted octanol–water partition coefficient (Wildman–Crippen LogP) is 6.26. The first-order valence-electron chi connectivity index (χ1n) is 9.43. The number of imidazole rings is 1. The average molecular weight is 479 g/mol. The molecule has 0 amide bonds. The first-order chi connectivity index (χ1) is 14.8. The number of hydrogen-bond donors (Lipinski definition) is 2. The first kappa shape index (κ1) is 21.5. The van der Waals surface area contributed by atoms with Crippen LogP contribution >= 0.6 is 34.8 Å². The molecule has 0 aliphatic rings. The second kappa shape index (κ2) is 8.78. The van der Waals surface area contributed by atoms with E-state index in [-0.39, 0.29) is 5.89 Å². The van der Waals surface area contributed by atoms with Crippen molar-refractivity contribution in [2.45, 2.75) is 26.7 Å². The molecule has 3 N–H and O–H groups in total. The zero-order chi connectivity index (χ0) is 22.1. The van der Waals surface area contributed by atoms with Crippen LogP contribution in [0, 0.1) is 6.92 Å². The van der Waals surface area contributed by atoms with Gasteiger partial charge in [0.05, 0.1) is 11.4 Å². The SMILES string of the molecule is CCc1nc(-c2nnc(Cc3ccc(Cl)c(Oc4cc(N)cc(Cl)c4)c3C)o2)c(Cl)[nH]1. The number of nitrogens with one attached hydrogen (secondary N) is 1. The molecule has 0 aliphatic heterocycles. The second-order valence-corrected chi connectivity index (χ2v) is 8.08. The monoisotopic (exact) mass is 477 g/mol. The summed E-state index contributed by atoms with van der Waals surface area (Å²) in [6.07, 6.45) is 1.10. The fourth-order valence-electron chi connectivity index (χ4n) is 3.07. The number of aryl methyl sites for hydroxylation is 1. The highest BCUT2D eigenvalue weighted by molar-refractivity contribution is 6.32. The number of H-pyrrole nitrogens is 1. The van der Waals surface area contributed by atoms with E-state index in [0.29, 0.717) is 56.8 Å².